The van der Waals surface area contributed by atoms with Crippen LogP contribution in [0.4, 0.5) is 10.5 Å². The molecule has 0 fully saturated rings. The number of alkyl carbamates (subject to hydrolysis) is 1. The van der Waals surface area contributed by atoms with Crippen molar-refractivity contribution in [1.29, 1.82) is 0 Å². The fourth-order valence-corrected chi connectivity index (χ4v) is 3.96. The van der Waals surface area contributed by atoms with Gasteiger partial charge in [0.2, 0.25) is 5.91 Å². The van der Waals surface area contributed by atoms with Crippen molar-refractivity contribution in [2.45, 2.75) is 78.5 Å². The third-order valence-electron chi connectivity index (χ3n) is 5.78. The van der Waals surface area contributed by atoms with Gasteiger partial charge in [-0.2, -0.15) is 0 Å². The maximum atomic E-state index is 13.8. The summed E-state index contributed by atoms with van der Waals surface area (Å²) in [6.45, 7) is 10.6. The Bertz CT molecular complexity index is 1060. The van der Waals surface area contributed by atoms with Gasteiger partial charge in [0.25, 0.3) is 5.91 Å². The van der Waals surface area contributed by atoms with Gasteiger partial charge in [0.05, 0.1) is 6.61 Å². The monoisotopic (exact) mass is 511 g/mol. The van der Waals surface area contributed by atoms with Crippen LogP contribution in [0.15, 0.2) is 48.5 Å². The van der Waals surface area contributed by atoms with Crippen molar-refractivity contribution >= 4 is 23.6 Å². The Labute approximate surface area is 220 Å². The first-order valence-electron chi connectivity index (χ1n) is 12.8. The number of ether oxygens (including phenoxy) is 1. The van der Waals surface area contributed by atoms with Gasteiger partial charge in [0.1, 0.15) is 17.7 Å². The first-order chi connectivity index (χ1) is 17.5. The number of para-hydroxylation sites is 1. The van der Waals surface area contributed by atoms with Gasteiger partial charge < -0.3 is 25.4 Å². The number of anilines is 1. The summed E-state index contributed by atoms with van der Waals surface area (Å²) in [5, 5.41) is 15.5. The predicted molar refractivity (Wildman–Crippen MR) is 145 cm³/mol. The van der Waals surface area contributed by atoms with E-state index in [1.165, 1.54) is 4.90 Å². The lowest BCUT2D eigenvalue weighted by Gasteiger charge is -2.34. The normalized spacial score (nSPS) is 12.8. The van der Waals surface area contributed by atoms with Crippen LogP contribution in [0, 0.1) is 13.8 Å². The van der Waals surface area contributed by atoms with E-state index in [-0.39, 0.29) is 12.5 Å². The summed E-state index contributed by atoms with van der Waals surface area (Å²) in [6.07, 6.45) is 1.62. The molecule has 0 aliphatic rings. The molecule has 37 heavy (non-hydrogen) atoms. The van der Waals surface area contributed by atoms with Crippen LogP contribution in [0.1, 0.15) is 69.7 Å². The highest BCUT2D eigenvalue weighted by Gasteiger charge is 2.36. The highest BCUT2D eigenvalue weighted by molar-refractivity contribution is 5.99. The standard InChI is InChI=1S/C29H41N3O5/c1-7-8-11-17-32(27(35)24(19-33)31-28(36)37-29(4,5)6)25(22-15-12-13-20(2)18-22)26(34)30-23-16-10-9-14-21(23)3/h9-10,12-16,18,24-25,33H,7-8,11,17,19H2,1-6H3,(H,30,34)(H,31,36). The number of aryl methyl sites for hydroxylation is 2. The number of rotatable bonds is 11. The SMILES string of the molecule is CCCCCN(C(=O)C(CO)NC(=O)OC(C)(C)C)C(C(=O)Nc1ccccc1C)c1cccc(C)c1. The molecule has 2 atom stereocenters. The predicted octanol–water partition coefficient (Wildman–Crippen LogP) is 4.89. The molecule has 0 aromatic heterocycles. The van der Waals surface area contributed by atoms with Gasteiger partial charge in [-0.25, -0.2) is 4.79 Å². The number of amides is 3. The zero-order valence-corrected chi connectivity index (χ0v) is 22.8. The lowest BCUT2D eigenvalue weighted by Crippen LogP contribution is -2.54. The van der Waals surface area contributed by atoms with E-state index in [0.29, 0.717) is 17.7 Å². The highest BCUT2D eigenvalue weighted by Crippen LogP contribution is 2.26. The Hall–Kier alpha value is -3.39. The Balaban J connectivity index is 2.48. The zero-order chi connectivity index (χ0) is 27.6. The number of carbonyl (C=O) groups excluding carboxylic acids is 3. The van der Waals surface area contributed by atoms with E-state index in [1.54, 1.807) is 20.8 Å². The first-order valence-corrected chi connectivity index (χ1v) is 12.8. The Morgan fingerprint density at radius 2 is 1.73 bits per heavy atom. The summed E-state index contributed by atoms with van der Waals surface area (Å²) in [5.41, 5.74) is 2.35. The van der Waals surface area contributed by atoms with E-state index in [1.807, 2.05) is 62.4 Å². The van der Waals surface area contributed by atoms with Gasteiger partial charge >= 0.3 is 6.09 Å². The van der Waals surface area contributed by atoms with Crippen molar-refractivity contribution in [3.05, 3.63) is 65.2 Å². The molecule has 8 nitrogen and oxygen atoms in total. The minimum Gasteiger partial charge on any atom is -0.444 e. The van der Waals surface area contributed by atoms with Crippen LogP contribution < -0.4 is 10.6 Å². The van der Waals surface area contributed by atoms with E-state index in [4.69, 9.17) is 4.74 Å². The van der Waals surface area contributed by atoms with Crippen molar-refractivity contribution < 1.29 is 24.2 Å². The summed E-state index contributed by atoms with van der Waals surface area (Å²) in [5.74, 6) is -0.936. The molecule has 3 N–H and O–H groups in total. The van der Waals surface area contributed by atoms with Gasteiger partial charge in [0.15, 0.2) is 0 Å². The number of unbranched alkanes of at least 4 members (excludes halogenated alkanes) is 2. The topological polar surface area (TPSA) is 108 Å². The van der Waals surface area contributed by atoms with Gasteiger partial charge in [-0.3, -0.25) is 9.59 Å². The van der Waals surface area contributed by atoms with Crippen LogP contribution in [-0.2, 0) is 14.3 Å². The number of benzene rings is 2. The van der Waals surface area contributed by atoms with Gasteiger partial charge in [-0.1, -0.05) is 67.8 Å². The number of nitrogens with zero attached hydrogens (tertiary/aromatic N) is 1. The molecule has 202 valence electrons. The molecule has 2 aromatic rings. The molecule has 2 unspecified atom stereocenters. The number of carbonyl (C=O) groups is 3. The van der Waals surface area contributed by atoms with E-state index in [0.717, 1.165) is 24.0 Å². The second-order valence-electron chi connectivity index (χ2n) is 10.2. The van der Waals surface area contributed by atoms with E-state index in [9.17, 15) is 19.5 Å². The number of hydrogen-bond donors (Lipinski definition) is 3. The minimum absolute atomic E-state index is 0.277. The number of hydrogen-bond acceptors (Lipinski definition) is 5. The molecule has 0 saturated heterocycles. The van der Waals surface area contributed by atoms with Crippen LogP contribution in [0.25, 0.3) is 0 Å². The summed E-state index contributed by atoms with van der Waals surface area (Å²) in [7, 11) is 0. The lowest BCUT2D eigenvalue weighted by molar-refractivity contribution is -0.141. The quantitative estimate of drug-likeness (QED) is 0.373. The number of nitrogens with one attached hydrogen (secondary N) is 2. The summed E-state index contributed by atoms with van der Waals surface area (Å²) in [6, 6.07) is 12.6. The molecule has 2 rings (SSSR count). The van der Waals surface area contributed by atoms with Crippen LogP contribution in [0.5, 0.6) is 0 Å². The molecule has 8 heteroatoms. The average Bonchev–Trinajstić information content (AvgIpc) is 2.82. The van der Waals surface area contributed by atoms with E-state index >= 15 is 0 Å². The van der Waals surface area contributed by atoms with E-state index in [2.05, 4.69) is 17.6 Å². The smallest absolute Gasteiger partial charge is 0.408 e. The second kappa shape index (κ2) is 13.8. The summed E-state index contributed by atoms with van der Waals surface area (Å²) >= 11 is 0. The lowest BCUT2D eigenvalue weighted by atomic mass is 10.00. The molecule has 0 aliphatic heterocycles. The summed E-state index contributed by atoms with van der Waals surface area (Å²) < 4.78 is 5.29. The van der Waals surface area contributed by atoms with Gasteiger partial charge in [-0.15, -0.1) is 0 Å². The molecule has 0 radical (unpaired) electrons. The molecule has 3 amide bonds. The zero-order valence-electron chi connectivity index (χ0n) is 22.8. The van der Waals surface area contributed by atoms with Gasteiger partial charge in [0, 0.05) is 12.2 Å². The summed E-state index contributed by atoms with van der Waals surface area (Å²) in [4.78, 5) is 41.5. The maximum absolute atomic E-state index is 13.8. The maximum Gasteiger partial charge on any atom is 0.408 e. The fraction of sp³-hybridized carbons (Fsp3) is 0.483. The molecule has 0 heterocycles. The largest absolute Gasteiger partial charge is 0.444 e. The molecular formula is C29H41N3O5. The van der Waals surface area contributed by atoms with E-state index < -0.39 is 36.3 Å². The molecular weight excluding hydrogens is 470 g/mol. The van der Waals surface area contributed by atoms with Crippen LogP contribution in [-0.4, -0.2) is 52.7 Å². The highest BCUT2D eigenvalue weighted by atomic mass is 16.6. The third kappa shape index (κ3) is 9.21. The Kier molecular flexibility index (Phi) is 11.1. The van der Waals surface area contributed by atoms with Crippen molar-refractivity contribution in [2.75, 3.05) is 18.5 Å². The van der Waals surface area contributed by atoms with Gasteiger partial charge in [-0.05, 0) is 58.2 Å². The fourth-order valence-electron chi connectivity index (χ4n) is 3.96. The van der Waals surface area contributed by atoms with Crippen molar-refractivity contribution in [2.24, 2.45) is 0 Å². The van der Waals surface area contributed by atoms with Crippen LogP contribution >= 0.6 is 0 Å². The first kappa shape index (κ1) is 29.8. The Morgan fingerprint density at radius 1 is 1.03 bits per heavy atom. The molecule has 2 aromatic carbocycles. The van der Waals surface area contributed by atoms with Crippen molar-refractivity contribution in [3.63, 3.8) is 0 Å². The van der Waals surface area contributed by atoms with Crippen molar-refractivity contribution in [3.8, 4) is 0 Å². The Morgan fingerprint density at radius 3 is 2.32 bits per heavy atom. The van der Waals surface area contributed by atoms with Crippen molar-refractivity contribution in [1.82, 2.24) is 10.2 Å². The molecule has 0 aliphatic carbocycles. The third-order valence-corrected chi connectivity index (χ3v) is 5.78. The minimum atomic E-state index is -1.27. The average molecular weight is 512 g/mol. The molecule has 0 bridgehead atoms. The van der Waals surface area contributed by atoms with Crippen LogP contribution in [0.2, 0.25) is 0 Å². The van der Waals surface area contributed by atoms with Crippen LogP contribution in [0.3, 0.4) is 0 Å². The second-order valence-corrected chi connectivity index (χ2v) is 10.2. The number of aliphatic hydroxyl groups excluding tert-OH is 1. The molecule has 0 saturated carbocycles. The number of aliphatic hydroxyl groups is 1. The molecule has 0 spiro atoms.